The van der Waals surface area contributed by atoms with E-state index in [1.807, 2.05) is 25.1 Å². The minimum atomic E-state index is -0.543. The lowest BCUT2D eigenvalue weighted by atomic mass is 10.2. The topological polar surface area (TPSA) is 61.7 Å². The van der Waals surface area contributed by atoms with Gasteiger partial charge in [-0.2, -0.15) is 0 Å². The van der Waals surface area contributed by atoms with Crippen molar-refractivity contribution in [3.8, 4) is 5.75 Å². The quantitative estimate of drug-likeness (QED) is 0.572. The molecule has 0 aliphatic heterocycles. The van der Waals surface area contributed by atoms with E-state index in [9.17, 15) is 10.2 Å². The molecule has 1 aromatic rings. The molecule has 1 aromatic carbocycles. The summed E-state index contributed by atoms with van der Waals surface area (Å²) in [6.45, 7) is 5.51. The first kappa shape index (κ1) is 17.0. The molecule has 0 aromatic heterocycles. The molecule has 3 N–H and O–H groups in total. The van der Waals surface area contributed by atoms with Crippen LogP contribution in [-0.4, -0.2) is 42.1 Å². The smallest absolute Gasteiger partial charge is 0.119 e. The molecule has 2 atom stereocenters. The Kier molecular flexibility index (Phi) is 8.26. The van der Waals surface area contributed by atoms with Crippen molar-refractivity contribution >= 4 is 0 Å². The number of aryl methyl sites for hydroxylation is 1. The Morgan fingerprint density at radius 3 is 2.70 bits per heavy atom. The molecule has 0 aliphatic carbocycles. The maximum atomic E-state index is 9.81. The maximum absolute atomic E-state index is 9.81. The SMILES string of the molecule is CCc1cccc(OCC(O)CNCCC(O)CC)c1. The van der Waals surface area contributed by atoms with Crippen molar-refractivity contribution in [1.82, 2.24) is 5.32 Å². The summed E-state index contributed by atoms with van der Waals surface area (Å²) in [5.74, 6) is 0.796. The minimum absolute atomic E-state index is 0.257. The monoisotopic (exact) mass is 281 g/mol. The molecule has 0 radical (unpaired) electrons. The predicted octanol–water partition coefficient (Wildman–Crippen LogP) is 1.74. The average Bonchev–Trinajstić information content (AvgIpc) is 2.49. The van der Waals surface area contributed by atoms with Gasteiger partial charge in [0.25, 0.3) is 0 Å². The molecule has 1 rings (SSSR count). The number of aliphatic hydroxyl groups is 2. The first-order valence-corrected chi connectivity index (χ1v) is 7.44. The minimum Gasteiger partial charge on any atom is -0.491 e. The molecule has 4 nitrogen and oxygen atoms in total. The van der Waals surface area contributed by atoms with Crippen molar-refractivity contribution < 1.29 is 14.9 Å². The first-order valence-electron chi connectivity index (χ1n) is 7.44. The Hall–Kier alpha value is -1.10. The highest BCUT2D eigenvalue weighted by atomic mass is 16.5. The summed E-state index contributed by atoms with van der Waals surface area (Å²) in [5, 5.41) is 22.3. The number of nitrogens with one attached hydrogen (secondary N) is 1. The second kappa shape index (κ2) is 9.75. The van der Waals surface area contributed by atoms with Gasteiger partial charge in [-0.3, -0.25) is 0 Å². The molecule has 0 bridgehead atoms. The van der Waals surface area contributed by atoms with Crippen LogP contribution < -0.4 is 10.1 Å². The third kappa shape index (κ3) is 6.89. The van der Waals surface area contributed by atoms with Gasteiger partial charge in [0.1, 0.15) is 18.5 Å². The van der Waals surface area contributed by atoms with E-state index in [1.165, 1.54) is 5.56 Å². The third-order valence-corrected chi connectivity index (χ3v) is 3.25. The lowest BCUT2D eigenvalue weighted by molar-refractivity contribution is 0.104. The number of benzene rings is 1. The van der Waals surface area contributed by atoms with Crippen LogP contribution in [-0.2, 0) is 6.42 Å². The van der Waals surface area contributed by atoms with Gasteiger partial charge in [-0.15, -0.1) is 0 Å². The van der Waals surface area contributed by atoms with E-state index < -0.39 is 6.10 Å². The number of ether oxygens (including phenoxy) is 1. The van der Waals surface area contributed by atoms with Crippen molar-refractivity contribution in [2.75, 3.05) is 19.7 Å². The third-order valence-electron chi connectivity index (χ3n) is 3.25. The van der Waals surface area contributed by atoms with Crippen LogP contribution in [0, 0.1) is 0 Å². The summed E-state index contributed by atoms with van der Waals surface area (Å²) >= 11 is 0. The number of hydrogen-bond acceptors (Lipinski definition) is 4. The summed E-state index contributed by atoms with van der Waals surface area (Å²) < 4.78 is 5.57. The zero-order valence-electron chi connectivity index (χ0n) is 12.5. The van der Waals surface area contributed by atoms with E-state index >= 15 is 0 Å². The van der Waals surface area contributed by atoms with Gasteiger partial charge >= 0.3 is 0 Å². The first-order chi connectivity index (χ1) is 9.65. The van der Waals surface area contributed by atoms with Gasteiger partial charge < -0.3 is 20.3 Å². The fraction of sp³-hybridized carbons (Fsp3) is 0.625. The van der Waals surface area contributed by atoms with Gasteiger partial charge in [0.15, 0.2) is 0 Å². The molecule has 0 amide bonds. The van der Waals surface area contributed by atoms with Gasteiger partial charge in [0, 0.05) is 6.54 Å². The fourth-order valence-electron chi connectivity index (χ4n) is 1.85. The van der Waals surface area contributed by atoms with Crippen LogP contribution in [0.3, 0.4) is 0 Å². The van der Waals surface area contributed by atoms with E-state index in [-0.39, 0.29) is 12.7 Å². The van der Waals surface area contributed by atoms with Crippen molar-refractivity contribution in [2.24, 2.45) is 0 Å². The Bertz CT molecular complexity index is 370. The second-order valence-corrected chi connectivity index (χ2v) is 5.02. The molecule has 0 saturated heterocycles. The number of hydrogen-bond donors (Lipinski definition) is 3. The van der Waals surface area contributed by atoms with Crippen LogP contribution >= 0.6 is 0 Å². The highest BCUT2D eigenvalue weighted by molar-refractivity contribution is 5.28. The van der Waals surface area contributed by atoms with Gasteiger partial charge in [-0.25, -0.2) is 0 Å². The molecule has 2 unspecified atom stereocenters. The van der Waals surface area contributed by atoms with Crippen molar-refractivity contribution in [2.45, 2.75) is 45.3 Å². The summed E-state index contributed by atoms with van der Waals surface area (Å²) in [5.41, 5.74) is 1.23. The fourth-order valence-corrected chi connectivity index (χ4v) is 1.85. The zero-order chi connectivity index (χ0) is 14.8. The van der Waals surface area contributed by atoms with Gasteiger partial charge in [0.05, 0.1) is 6.10 Å². The lowest BCUT2D eigenvalue weighted by Crippen LogP contribution is -2.33. The van der Waals surface area contributed by atoms with Crippen molar-refractivity contribution in [3.63, 3.8) is 0 Å². The Balaban J connectivity index is 2.17. The van der Waals surface area contributed by atoms with Crippen molar-refractivity contribution in [3.05, 3.63) is 29.8 Å². The van der Waals surface area contributed by atoms with Crippen molar-refractivity contribution in [1.29, 1.82) is 0 Å². The Morgan fingerprint density at radius 1 is 1.20 bits per heavy atom. The van der Waals surface area contributed by atoms with Crippen LogP contribution in [0.25, 0.3) is 0 Å². The van der Waals surface area contributed by atoms with Gasteiger partial charge in [-0.1, -0.05) is 26.0 Å². The van der Waals surface area contributed by atoms with E-state index in [0.717, 1.165) is 18.6 Å². The summed E-state index contributed by atoms with van der Waals surface area (Å²) in [7, 11) is 0. The normalized spacial score (nSPS) is 14.0. The molecule has 114 valence electrons. The number of aliphatic hydroxyl groups excluding tert-OH is 2. The summed E-state index contributed by atoms with van der Waals surface area (Å²) in [4.78, 5) is 0. The highest BCUT2D eigenvalue weighted by Gasteiger charge is 2.06. The molecule has 0 heterocycles. The molecular formula is C16H27NO3. The van der Waals surface area contributed by atoms with Crippen LogP contribution in [0.4, 0.5) is 0 Å². The largest absolute Gasteiger partial charge is 0.491 e. The molecule has 0 aliphatic rings. The molecule has 0 spiro atoms. The summed E-state index contributed by atoms with van der Waals surface area (Å²) in [6, 6.07) is 7.92. The maximum Gasteiger partial charge on any atom is 0.119 e. The average molecular weight is 281 g/mol. The van der Waals surface area contributed by atoms with E-state index in [0.29, 0.717) is 19.5 Å². The number of rotatable bonds is 10. The summed E-state index contributed by atoms with van der Waals surface area (Å²) in [6.07, 6.45) is 1.65. The van der Waals surface area contributed by atoms with Crippen LogP contribution in [0.1, 0.15) is 32.3 Å². The van der Waals surface area contributed by atoms with Crippen LogP contribution in [0.15, 0.2) is 24.3 Å². The van der Waals surface area contributed by atoms with Crippen LogP contribution in [0.2, 0.25) is 0 Å². The Morgan fingerprint density at radius 2 is 2.00 bits per heavy atom. The van der Waals surface area contributed by atoms with Gasteiger partial charge in [-0.05, 0) is 43.5 Å². The van der Waals surface area contributed by atoms with E-state index in [4.69, 9.17) is 4.74 Å². The second-order valence-electron chi connectivity index (χ2n) is 5.02. The molecule has 0 fully saturated rings. The molecule has 0 saturated carbocycles. The van der Waals surface area contributed by atoms with Gasteiger partial charge in [0.2, 0.25) is 0 Å². The standard InChI is InChI=1S/C16H27NO3/c1-3-13-6-5-7-16(10-13)20-12-15(19)11-17-9-8-14(18)4-2/h5-7,10,14-15,17-19H,3-4,8-9,11-12H2,1-2H3. The lowest BCUT2D eigenvalue weighted by Gasteiger charge is -2.14. The molecular weight excluding hydrogens is 254 g/mol. The zero-order valence-corrected chi connectivity index (χ0v) is 12.5. The van der Waals surface area contributed by atoms with E-state index in [1.54, 1.807) is 0 Å². The Labute approximate surface area is 121 Å². The highest BCUT2D eigenvalue weighted by Crippen LogP contribution is 2.13. The predicted molar refractivity (Wildman–Crippen MR) is 81.1 cm³/mol. The molecule has 20 heavy (non-hydrogen) atoms. The molecule has 4 heteroatoms. The van der Waals surface area contributed by atoms with E-state index in [2.05, 4.69) is 18.3 Å². The van der Waals surface area contributed by atoms with Crippen LogP contribution in [0.5, 0.6) is 5.75 Å².